The Hall–Kier alpha value is -5.48. The summed E-state index contributed by atoms with van der Waals surface area (Å²) in [7, 11) is -2.41. The van der Waals surface area contributed by atoms with Gasteiger partial charge in [-0.15, -0.1) is 0 Å². The van der Waals surface area contributed by atoms with Gasteiger partial charge in [-0.05, 0) is 53.2 Å². The number of carbonyl (C=O) groups is 2. The lowest BCUT2D eigenvalue weighted by Crippen LogP contribution is -2.26. The zero-order chi connectivity index (χ0) is 29.6. The monoisotopic (exact) mass is 574 g/mol. The van der Waals surface area contributed by atoms with Gasteiger partial charge in [0.1, 0.15) is 11.8 Å². The summed E-state index contributed by atoms with van der Waals surface area (Å²) >= 11 is 0. The molecule has 0 saturated heterocycles. The molecule has 4 aromatic carbocycles. The highest BCUT2D eigenvalue weighted by atomic mass is 32.2. The number of benzene rings is 4. The highest BCUT2D eigenvalue weighted by Crippen LogP contribution is 2.27. The number of sulfonamides is 1. The molecule has 0 aliphatic heterocycles. The Labute approximate surface area is 234 Å². The molecule has 0 unspecified atom stereocenters. The molecule has 208 valence electrons. The number of nitro benzene ring substituents is 1. The van der Waals surface area contributed by atoms with E-state index in [9.17, 15) is 28.1 Å². The molecular formula is C28H22N4O8S. The number of carbonyl (C=O) groups excluding carboxylic acids is 2. The summed E-state index contributed by atoms with van der Waals surface area (Å²) in [5.41, 5.74) is -0.0356. The van der Waals surface area contributed by atoms with Crippen molar-refractivity contribution in [2.45, 2.75) is 4.90 Å². The van der Waals surface area contributed by atoms with Crippen molar-refractivity contribution in [3.63, 3.8) is 0 Å². The summed E-state index contributed by atoms with van der Waals surface area (Å²) in [5, 5.41) is 24.1. The van der Waals surface area contributed by atoms with E-state index in [0.29, 0.717) is 5.69 Å². The van der Waals surface area contributed by atoms with Gasteiger partial charge in [0.2, 0.25) is 0 Å². The van der Waals surface area contributed by atoms with Crippen LogP contribution in [0.5, 0.6) is 5.75 Å². The van der Waals surface area contributed by atoms with Crippen LogP contribution in [0.2, 0.25) is 0 Å². The minimum atomic E-state index is -3.84. The van der Waals surface area contributed by atoms with E-state index >= 15 is 0 Å². The zero-order valence-corrected chi connectivity index (χ0v) is 22.3. The quantitative estimate of drug-likeness (QED) is 0.167. The molecule has 0 heterocycles. The van der Waals surface area contributed by atoms with Crippen LogP contribution >= 0.6 is 0 Å². The van der Waals surface area contributed by atoms with Gasteiger partial charge in [-0.3, -0.25) is 19.2 Å². The number of hydrogen-bond acceptors (Lipinski definition) is 9. The van der Waals surface area contributed by atoms with Gasteiger partial charge in [-0.25, -0.2) is 13.2 Å². The molecule has 1 N–H and O–H groups in total. The van der Waals surface area contributed by atoms with Crippen LogP contribution < -0.4 is 14.4 Å². The van der Waals surface area contributed by atoms with Crippen molar-refractivity contribution in [2.75, 3.05) is 29.9 Å². The second kappa shape index (κ2) is 12.1. The highest BCUT2D eigenvalue weighted by molar-refractivity contribution is 7.92. The molecule has 4 rings (SSSR count). The molecular weight excluding hydrogens is 552 g/mol. The van der Waals surface area contributed by atoms with Crippen molar-refractivity contribution in [3.8, 4) is 11.8 Å². The first kappa shape index (κ1) is 28.5. The molecule has 0 radical (unpaired) electrons. The Morgan fingerprint density at radius 2 is 1.68 bits per heavy atom. The lowest BCUT2D eigenvalue weighted by atomic mass is 10.1. The van der Waals surface area contributed by atoms with E-state index in [4.69, 9.17) is 14.7 Å². The van der Waals surface area contributed by atoms with Crippen molar-refractivity contribution < 1.29 is 32.4 Å². The Bertz CT molecular complexity index is 1780. The van der Waals surface area contributed by atoms with Gasteiger partial charge in [0, 0.05) is 19.2 Å². The number of ether oxygens (including phenoxy) is 2. The topological polar surface area (TPSA) is 169 Å². The number of nitrogens with zero attached hydrogens (tertiary/aromatic N) is 3. The SMILES string of the molecule is CN(c1ccc(OCC(=O)OCC(=O)Nc2ccc([N+](=O)[O-])cc2C#N)cc1)S(=O)(=O)c1ccc2ccccc2c1. The van der Waals surface area contributed by atoms with Gasteiger partial charge < -0.3 is 14.8 Å². The molecule has 0 saturated carbocycles. The lowest BCUT2D eigenvalue weighted by Gasteiger charge is -2.20. The number of fused-ring (bicyclic) bond motifs is 1. The number of nitro groups is 1. The molecule has 13 heteroatoms. The second-order valence-corrected chi connectivity index (χ2v) is 10.5. The number of nitriles is 1. The van der Waals surface area contributed by atoms with E-state index in [2.05, 4.69) is 5.32 Å². The van der Waals surface area contributed by atoms with Crippen molar-refractivity contribution in [3.05, 3.63) is 101 Å². The molecule has 0 bridgehead atoms. The number of nitrogens with one attached hydrogen (secondary N) is 1. The third-order valence-corrected chi connectivity index (χ3v) is 7.69. The standard InChI is InChI=1S/C28H22N4O8S/c1-31(41(37,38)25-12-6-19-4-2-3-5-20(19)15-25)22-7-10-24(11-8-22)39-18-28(34)40-17-27(33)30-26-13-9-23(32(35)36)14-21(26)16-29/h2-15H,17-18H2,1H3,(H,30,33). The minimum absolute atomic E-state index is 0.0306. The van der Waals surface area contributed by atoms with Gasteiger partial charge >= 0.3 is 5.97 Å². The fourth-order valence-corrected chi connectivity index (χ4v) is 4.97. The fourth-order valence-electron chi connectivity index (χ4n) is 3.74. The average Bonchev–Trinajstić information content (AvgIpc) is 2.98. The Morgan fingerprint density at radius 1 is 0.976 bits per heavy atom. The number of amides is 1. The maximum atomic E-state index is 13.2. The fraction of sp³-hybridized carbons (Fsp3) is 0.107. The number of non-ortho nitro benzene ring substituents is 1. The van der Waals surface area contributed by atoms with Crippen molar-refractivity contribution in [1.82, 2.24) is 0 Å². The molecule has 0 spiro atoms. The summed E-state index contributed by atoms with van der Waals surface area (Å²) < 4.78 is 37.7. The van der Waals surface area contributed by atoms with Crippen molar-refractivity contribution in [2.24, 2.45) is 0 Å². The van der Waals surface area contributed by atoms with Crippen LogP contribution in [0, 0.1) is 21.4 Å². The summed E-state index contributed by atoms with van der Waals surface area (Å²) in [6, 6.07) is 23.4. The lowest BCUT2D eigenvalue weighted by molar-refractivity contribution is -0.384. The largest absolute Gasteiger partial charge is 0.482 e. The summed E-state index contributed by atoms with van der Waals surface area (Å²) in [6.45, 7) is -1.21. The molecule has 1 amide bonds. The highest BCUT2D eigenvalue weighted by Gasteiger charge is 2.22. The number of anilines is 2. The first-order valence-corrected chi connectivity index (χ1v) is 13.4. The van der Waals surface area contributed by atoms with Gasteiger partial charge in [0.25, 0.3) is 21.6 Å². The Kier molecular flexibility index (Phi) is 8.45. The molecule has 0 aromatic heterocycles. The maximum absolute atomic E-state index is 13.2. The van der Waals surface area contributed by atoms with Crippen LogP contribution in [0.3, 0.4) is 0 Å². The van der Waals surface area contributed by atoms with Crippen LogP contribution in [0.15, 0.2) is 89.8 Å². The van der Waals surface area contributed by atoms with Crippen LogP contribution in [0.25, 0.3) is 10.8 Å². The van der Waals surface area contributed by atoms with Crippen molar-refractivity contribution >= 4 is 49.7 Å². The van der Waals surface area contributed by atoms with Gasteiger partial charge in [-0.2, -0.15) is 5.26 Å². The number of hydrogen-bond donors (Lipinski definition) is 1. The molecule has 0 aliphatic carbocycles. The predicted octanol–water partition coefficient (Wildman–Crippen LogP) is 4.01. The second-order valence-electron chi connectivity index (χ2n) is 8.57. The predicted molar refractivity (Wildman–Crippen MR) is 149 cm³/mol. The maximum Gasteiger partial charge on any atom is 0.344 e. The third kappa shape index (κ3) is 6.75. The molecule has 0 aliphatic rings. The van der Waals surface area contributed by atoms with E-state index < -0.39 is 40.0 Å². The van der Waals surface area contributed by atoms with Crippen LogP contribution in [-0.4, -0.2) is 45.5 Å². The van der Waals surface area contributed by atoms with Crippen LogP contribution in [0.4, 0.5) is 17.1 Å². The number of esters is 1. The van der Waals surface area contributed by atoms with Gasteiger partial charge in [0.15, 0.2) is 13.2 Å². The van der Waals surface area contributed by atoms with Crippen LogP contribution in [0.1, 0.15) is 5.56 Å². The molecule has 0 fully saturated rings. The van der Waals surface area contributed by atoms with E-state index in [-0.39, 0.29) is 27.6 Å². The zero-order valence-electron chi connectivity index (χ0n) is 21.5. The van der Waals surface area contributed by atoms with E-state index in [0.717, 1.165) is 27.2 Å². The molecule has 12 nitrogen and oxygen atoms in total. The molecule has 4 aromatic rings. The van der Waals surface area contributed by atoms with Gasteiger partial charge in [0.05, 0.1) is 26.8 Å². The van der Waals surface area contributed by atoms with Gasteiger partial charge in [-0.1, -0.05) is 30.3 Å². The summed E-state index contributed by atoms with van der Waals surface area (Å²) in [5.74, 6) is -1.36. The normalized spacial score (nSPS) is 10.8. The van der Waals surface area contributed by atoms with Crippen molar-refractivity contribution in [1.29, 1.82) is 5.26 Å². The Morgan fingerprint density at radius 3 is 2.37 bits per heavy atom. The summed E-state index contributed by atoms with van der Waals surface area (Å²) in [6.07, 6.45) is 0. The first-order chi connectivity index (χ1) is 19.6. The van der Waals surface area contributed by atoms with Crippen LogP contribution in [-0.2, 0) is 24.3 Å². The first-order valence-electron chi connectivity index (χ1n) is 11.9. The third-order valence-electron chi connectivity index (χ3n) is 5.91. The minimum Gasteiger partial charge on any atom is -0.482 e. The van der Waals surface area contributed by atoms with E-state index in [1.807, 2.05) is 24.3 Å². The average molecular weight is 575 g/mol. The Balaban J connectivity index is 1.29. The summed E-state index contributed by atoms with van der Waals surface area (Å²) in [4.78, 5) is 34.4. The number of rotatable bonds is 10. The van der Waals surface area contributed by atoms with E-state index in [1.165, 1.54) is 37.4 Å². The smallest absolute Gasteiger partial charge is 0.344 e. The molecule has 41 heavy (non-hydrogen) atoms. The van der Waals surface area contributed by atoms with E-state index in [1.54, 1.807) is 24.3 Å². The molecule has 0 atom stereocenters.